The van der Waals surface area contributed by atoms with E-state index in [1.807, 2.05) is 24.3 Å². The van der Waals surface area contributed by atoms with Crippen molar-refractivity contribution in [1.29, 1.82) is 0 Å². The minimum absolute atomic E-state index is 0.00406. The number of ether oxygens (including phenoxy) is 2. The third kappa shape index (κ3) is 12.5. The maximum absolute atomic E-state index is 12.6. The molecule has 1 aromatic heterocycles. The molecule has 0 aliphatic heterocycles. The van der Waals surface area contributed by atoms with Crippen molar-refractivity contribution in [2.24, 2.45) is 0 Å². The number of carbonyl (C=O) groups excluding carboxylic acids is 1. The van der Waals surface area contributed by atoms with Crippen molar-refractivity contribution in [3.8, 4) is 11.5 Å². The van der Waals surface area contributed by atoms with Crippen LogP contribution in [-0.4, -0.2) is 78.4 Å². The second-order valence-electron chi connectivity index (χ2n) is 9.44. The summed E-state index contributed by atoms with van der Waals surface area (Å²) >= 11 is 5.91. The maximum atomic E-state index is 12.6. The summed E-state index contributed by atoms with van der Waals surface area (Å²) in [5, 5.41) is 9.95. The van der Waals surface area contributed by atoms with Crippen LogP contribution in [0.4, 0.5) is 24.8 Å². The number of hydrogen-bond donors (Lipinski definition) is 4. The molecule has 11 nitrogen and oxygen atoms in total. The lowest BCUT2D eigenvalue weighted by Crippen LogP contribution is -2.37. The highest BCUT2D eigenvalue weighted by molar-refractivity contribution is 6.31. The lowest BCUT2D eigenvalue weighted by atomic mass is 10.1. The van der Waals surface area contributed by atoms with Crippen molar-refractivity contribution < 1.29 is 37.3 Å². The number of amides is 1. The largest absolute Gasteiger partial charge is 0.497 e. The zero-order chi connectivity index (χ0) is 32.7. The molecular weight excluding hydrogens is 605 g/mol. The number of methoxy groups -OCH3 is 2. The van der Waals surface area contributed by atoms with E-state index in [0.29, 0.717) is 13.1 Å². The van der Waals surface area contributed by atoms with Crippen LogP contribution in [0.1, 0.15) is 34.5 Å². The molecule has 0 bridgehead atoms. The zero-order valence-corrected chi connectivity index (χ0v) is 25.1. The highest BCUT2D eigenvalue weighted by Crippen LogP contribution is 2.18. The van der Waals surface area contributed by atoms with Gasteiger partial charge in [-0.25, -0.2) is 14.8 Å². The summed E-state index contributed by atoms with van der Waals surface area (Å²) in [5.41, 5.74) is 13.9. The van der Waals surface area contributed by atoms with Gasteiger partial charge in [-0.05, 0) is 74.2 Å². The van der Waals surface area contributed by atoms with Crippen molar-refractivity contribution in [3.63, 3.8) is 0 Å². The lowest BCUT2D eigenvalue weighted by Gasteiger charge is -2.22. The summed E-state index contributed by atoms with van der Waals surface area (Å²) in [6.07, 6.45) is -1.17. The van der Waals surface area contributed by atoms with E-state index >= 15 is 0 Å². The van der Waals surface area contributed by atoms with Crippen LogP contribution in [0, 0.1) is 0 Å². The Bertz CT molecular complexity index is 1290. The fourth-order valence-electron chi connectivity index (χ4n) is 3.95. The number of carbonyl (C=O) groups is 2. The molecule has 3 rings (SSSR count). The fourth-order valence-corrected chi connectivity index (χ4v) is 4.08. The van der Waals surface area contributed by atoms with E-state index in [9.17, 15) is 18.0 Å². The van der Waals surface area contributed by atoms with Gasteiger partial charge in [-0.15, -0.1) is 0 Å². The van der Waals surface area contributed by atoms with Gasteiger partial charge in [0.2, 0.25) is 0 Å². The van der Waals surface area contributed by atoms with Crippen LogP contribution in [0.3, 0.4) is 0 Å². The van der Waals surface area contributed by atoms with Crippen LogP contribution < -0.4 is 26.3 Å². The van der Waals surface area contributed by atoms with Crippen molar-refractivity contribution in [3.05, 3.63) is 70.5 Å². The number of alkyl halides is 3. The molecule has 0 atom stereocenters. The summed E-state index contributed by atoms with van der Waals surface area (Å²) in [6.45, 7) is 2.93. The van der Waals surface area contributed by atoms with E-state index in [1.54, 1.807) is 14.2 Å². The predicted octanol–water partition coefficient (Wildman–Crippen LogP) is 4.24. The third-order valence-electron chi connectivity index (χ3n) is 6.27. The molecule has 1 amide bonds. The number of hydrogen-bond acceptors (Lipinski definition) is 9. The van der Waals surface area contributed by atoms with Gasteiger partial charge in [0.15, 0.2) is 22.5 Å². The molecule has 0 aliphatic rings. The Hall–Kier alpha value is -4.30. The van der Waals surface area contributed by atoms with Gasteiger partial charge in [0.05, 0.1) is 14.2 Å². The number of anilines is 2. The fraction of sp³-hybridized carbons (Fsp3) is 0.379. The second kappa shape index (κ2) is 17.7. The molecule has 240 valence electrons. The highest BCUT2D eigenvalue weighted by atomic mass is 35.5. The van der Waals surface area contributed by atoms with E-state index in [4.69, 9.17) is 42.4 Å². The highest BCUT2D eigenvalue weighted by Gasteiger charge is 2.38. The average Bonchev–Trinajstić information content (AvgIpc) is 2.99. The molecule has 44 heavy (non-hydrogen) atoms. The molecular formula is C29H36ClF3N6O5. The molecule has 15 heteroatoms. The van der Waals surface area contributed by atoms with Crippen LogP contribution >= 0.6 is 11.6 Å². The van der Waals surface area contributed by atoms with E-state index in [2.05, 4.69) is 44.5 Å². The SMILES string of the molecule is COc1ccc(CCCN(CCCc2ccc(OC)cc2)CCNC(=O)c2nc(Cl)c(N)nc2N)cc1.O=C(O)C(F)(F)F. The summed E-state index contributed by atoms with van der Waals surface area (Å²) in [4.78, 5) is 31.7. The Balaban J connectivity index is 0.000000860. The van der Waals surface area contributed by atoms with Gasteiger partial charge < -0.3 is 36.3 Å². The Labute approximate surface area is 258 Å². The number of nitrogens with zero attached hydrogens (tertiary/aromatic N) is 3. The molecule has 1 heterocycles. The molecule has 0 saturated carbocycles. The lowest BCUT2D eigenvalue weighted by molar-refractivity contribution is -0.192. The first-order valence-corrected chi connectivity index (χ1v) is 13.9. The van der Waals surface area contributed by atoms with Gasteiger partial charge in [0, 0.05) is 13.1 Å². The van der Waals surface area contributed by atoms with E-state index in [1.165, 1.54) is 11.1 Å². The van der Waals surface area contributed by atoms with Crippen molar-refractivity contribution in [2.45, 2.75) is 31.9 Å². The number of carboxylic acid groups (broad SMARTS) is 1. The number of halogens is 4. The minimum Gasteiger partial charge on any atom is -0.497 e. The monoisotopic (exact) mass is 640 g/mol. The summed E-state index contributed by atoms with van der Waals surface area (Å²) in [7, 11) is 3.33. The summed E-state index contributed by atoms with van der Waals surface area (Å²) in [6, 6.07) is 16.3. The van der Waals surface area contributed by atoms with Crippen LogP contribution in [0.15, 0.2) is 48.5 Å². The van der Waals surface area contributed by atoms with Gasteiger partial charge in [0.1, 0.15) is 11.5 Å². The number of aryl methyl sites for hydroxylation is 2. The maximum Gasteiger partial charge on any atom is 0.490 e. The van der Waals surface area contributed by atoms with Gasteiger partial charge in [-0.3, -0.25) is 4.79 Å². The van der Waals surface area contributed by atoms with E-state index < -0.39 is 18.1 Å². The zero-order valence-electron chi connectivity index (χ0n) is 24.4. The number of aliphatic carboxylic acids is 1. The number of nitrogens with two attached hydrogens (primary N) is 2. The number of carboxylic acids is 1. The molecule has 3 aromatic rings. The smallest absolute Gasteiger partial charge is 0.490 e. The van der Waals surface area contributed by atoms with Crippen LogP contribution in [0.25, 0.3) is 0 Å². The van der Waals surface area contributed by atoms with Gasteiger partial charge in [-0.1, -0.05) is 35.9 Å². The summed E-state index contributed by atoms with van der Waals surface area (Å²) in [5.74, 6) is -1.53. The second-order valence-corrected chi connectivity index (χ2v) is 9.80. The standard InChI is InChI=1S/C27H35ClN6O3.C2HF3O2/c1-36-21-11-7-19(8-12-21)5-3-16-34(17-4-6-20-9-13-22(37-2)14-10-20)18-15-31-27(35)23-25(29)33-26(30)24(28)32-23;3-2(4,5)1(6)7/h7-14H,3-6,15-18H2,1-2H3,(H,31,35)(H4,29,30,33);(H,6,7). The first kappa shape index (κ1) is 35.9. The number of aromatic nitrogens is 2. The van der Waals surface area contributed by atoms with E-state index in [-0.39, 0.29) is 22.5 Å². The molecule has 0 saturated heterocycles. The van der Waals surface area contributed by atoms with Crippen LogP contribution in [0.5, 0.6) is 11.5 Å². The Morgan fingerprint density at radius 2 is 1.32 bits per heavy atom. The van der Waals surface area contributed by atoms with Gasteiger partial charge in [-0.2, -0.15) is 13.2 Å². The Morgan fingerprint density at radius 1 is 0.864 bits per heavy atom. The summed E-state index contributed by atoms with van der Waals surface area (Å²) < 4.78 is 42.2. The molecule has 0 spiro atoms. The molecule has 0 radical (unpaired) electrons. The number of nitrogen functional groups attached to an aromatic ring is 2. The van der Waals surface area contributed by atoms with Crippen molar-refractivity contribution in [2.75, 3.05) is 51.9 Å². The quantitative estimate of drug-likeness (QED) is 0.200. The molecule has 2 aromatic carbocycles. The average molecular weight is 641 g/mol. The molecule has 0 aliphatic carbocycles. The number of nitrogens with one attached hydrogen (secondary N) is 1. The van der Waals surface area contributed by atoms with Gasteiger partial charge in [0.25, 0.3) is 5.91 Å². The minimum atomic E-state index is -5.08. The number of benzene rings is 2. The normalized spacial score (nSPS) is 11.0. The van der Waals surface area contributed by atoms with Crippen LogP contribution in [-0.2, 0) is 17.6 Å². The van der Waals surface area contributed by atoms with Crippen molar-refractivity contribution in [1.82, 2.24) is 20.2 Å². The first-order valence-electron chi connectivity index (χ1n) is 13.5. The van der Waals surface area contributed by atoms with E-state index in [0.717, 1.165) is 50.3 Å². The Kier molecular flexibility index (Phi) is 14.5. The van der Waals surface area contributed by atoms with Crippen molar-refractivity contribution >= 4 is 35.1 Å². The van der Waals surface area contributed by atoms with Crippen LogP contribution in [0.2, 0.25) is 5.15 Å². The molecule has 6 N–H and O–H groups in total. The topological polar surface area (TPSA) is 166 Å². The molecule has 0 fully saturated rings. The molecule has 0 unspecified atom stereocenters. The van der Waals surface area contributed by atoms with Gasteiger partial charge >= 0.3 is 12.1 Å². The third-order valence-corrected chi connectivity index (χ3v) is 6.55. The first-order chi connectivity index (χ1) is 20.8. The Morgan fingerprint density at radius 3 is 1.73 bits per heavy atom. The number of rotatable bonds is 14. The predicted molar refractivity (Wildman–Crippen MR) is 161 cm³/mol.